The third kappa shape index (κ3) is 4.19. The van der Waals surface area contributed by atoms with Gasteiger partial charge in [-0.3, -0.25) is 14.9 Å². The van der Waals surface area contributed by atoms with E-state index in [-0.39, 0.29) is 24.1 Å². The molecule has 8 heteroatoms. The van der Waals surface area contributed by atoms with E-state index in [2.05, 4.69) is 10.6 Å². The van der Waals surface area contributed by atoms with Gasteiger partial charge in [0.1, 0.15) is 5.75 Å². The van der Waals surface area contributed by atoms with E-state index >= 15 is 0 Å². The molecule has 1 aliphatic heterocycles. The number of para-hydroxylation sites is 2. The maximum atomic E-state index is 13.6. The predicted octanol–water partition coefficient (Wildman–Crippen LogP) is 5.05. The molecule has 0 spiro atoms. The summed E-state index contributed by atoms with van der Waals surface area (Å²) in [5.41, 5.74) is 3.78. The van der Waals surface area contributed by atoms with Gasteiger partial charge < -0.3 is 20.5 Å². The lowest BCUT2D eigenvalue weighted by Crippen LogP contribution is -2.27. The van der Waals surface area contributed by atoms with Gasteiger partial charge in [0.15, 0.2) is 5.78 Å². The Balaban J connectivity index is 1.66. The van der Waals surface area contributed by atoms with Crippen LogP contribution >= 0.6 is 0 Å². The Morgan fingerprint density at radius 2 is 1.71 bits per heavy atom. The van der Waals surface area contributed by atoms with Gasteiger partial charge in [0.05, 0.1) is 28.9 Å². The van der Waals surface area contributed by atoms with Gasteiger partial charge in [-0.1, -0.05) is 42.5 Å². The fourth-order valence-electron chi connectivity index (χ4n) is 4.88. The van der Waals surface area contributed by atoms with Crippen LogP contribution < -0.4 is 20.5 Å². The number of nitrogens with zero attached hydrogens (tertiary/aromatic N) is 1. The van der Waals surface area contributed by atoms with Gasteiger partial charge in [0.25, 0.3) is 5.69 Å². The number of nitrogens with one attached hydrogen (secondary N) is 2. The summed E-state index contributed by atoms with van der Waals surface area (Å²) >= 11 is 0. The molecule has 1 aliphatic carbocycles. The molecule has 35 heavy (non-hydrogen) atoms. The smallest absolute Gasteiger partial charge is 0.265 e. The highest BCUT2D eigenvalue weighted by Gasteiger charge is 2.36. The number of anilines is 2. The summed E-state index contributed by atoms with van der Waals surface area (Å²) in [5, 5.41) is 31.1. The fourth-order valence-corrected chi connectivity index (χ4v) is 4.88. The van der Waals surface area contributed by atoms with Crippen LogP contribution in [0.3, 0.4) is 0 Å². The van der Waals surface area contributed by atoms with E-state index in [0.717, 1.165) is 22.6 Å². The fraction of sp³-hybridized carbons (Fsp3) is 0.222. The van der Waals surface area contributed by atoms with Crippen LogP contribution in [-0.4, -0.2) is 17.3 Å². The zero-order valence-electron chi connectivity index (χ0n) is 19.1. The lowest BCUT2D eigenvalue weighted by Gasteiger charge is -2.30. The predicted molar refractivity (Wildman–Crippen MR) is 131 cm³/mol. The van der Waals surface area contributed by atoms with Gasteiger partial charge in [-0.2, -0.15) is 0 Å². The van der Waals surface area contributed by atoms with Gasteiger partial charge in [0, 0.05) is 29.5 Å². The Hall–Kier alpha value is -4.33. The maximum absolute atomic E-state index is 13.6. The van der Waals surface area contributed by atoms with E-state index in [0.29, 0.717) is 24.0 Å². The minimum atomic E-state index is -0.777. The molecule has 0 saturated carbocycles. The van der Waals surface area contributed by atoms with Gasteiger partial charge in [-0.25, -0.2) is 0 Å². The third-order valence-electron chi connectivity index (χ3n) is 6.47. The Bertz CT molecular complexity index is 1340. The zero-order chi connectivity index (χ0) is 24.5. The van der Waals surface area contributed by atoms with Crippen LogP contribution in [0.25, 0.3) is 0 Å². The third-order valence-corrected chi connectivity index (χ3v) is 6.47. The Morgan fingerprint density at radius 3 is 2.43 bits per heavy atom. The molecule has 0 unspecified atom stereocenters. The molecule has 2 atom stereocenters. The molecule has 0 bridgehead atoms. The average Bonchev–Trinajstić information content (AvgIpc) is 3.02. The second kappa shape index (κ2) is 9.13. The van der Waals surface area contributed by atoms with E-state index < -0.39 is 22.4 Å². The Kier molecular flexibility index (Phi) is 5.86. The lowest BCUT2D eigenvalue weighted by atomic mass is 9.78. The van der Waals surface area contributed by atoms with Crippen molar-refractivity contribution >= 4 is 22.8 Å². The summed E-state index contributed by atoms with van der Waals surface area (Å²) in [6.45, 7) is 1.89. The number of hydrogen-bond acceptors (Lipinski definition) is 7. The summed E-state index contributed by atoms with van der Waals surface area (Å²) < 4.78 is 5.44. The molecule has 1 heterocycles. The molecule has 0 amide bonds. The van der Waals surface area contributed by atoms with Crippen LogP contribution in [0.5, 0.6) is 11.5 Å². The summed E-state index contributed by atoms with van der Waals surface area (Å²) in [6, 6.07) is 19.5. The topological polar surface area (TPSA) is 117 Å². The van der Waals surface area contributed by atoms with Crippen molar-refractivity contribution < 1.29 is 19.6 Å². The normalized spacial score (nSPS) is 19.1. The van der Waals surface area contributed by atoms with Crippen LogP contribution in [0.2, 0.25) is 0 Å². The molecule has 3 aromatic carbocycles. The van der Waals surface area contributed by atoms with E-state index in [4.69, 9.17) is 4.74 Å². The minimum absolute atomic E-state index is 0.0122. The van der Waals surface area contributed by atoms with Crippen LogP contribution in [0.15, 0.2) is 78.0 Å². The Morgan fingerprint density at radius 1 is 1.00 bits per heavy atom. The van der Waals surface area contributed by atoms with E-state index in [1.807, 2.05) is 54.6 Å². The first-order chi connectivity index (χ1) is 17.0. The van der Waals surface area contributed by atoms with Crippen LogP contribution in [0.1, 0.15) is 42.9 Å². The summed E-state index contributed by atoms with van der Waals surface area (Å²) in [6.07, 6.45) is 0.927. The molecule has 0 radical (unpaired) electrons. The maximum Gasteiger partial charge on any atom is 0.265 e. The van der Waals surface area contributed by atoms with Crippen molar-refractivity contribution in [2.75, 3.05) is 17.2 Å². The minimum Gasteiger partial charge on any atom is -0.865 e. The van der Waals surface area contributed by atoms with Crippen molar-refractivity contribution in [1.82, 2.24) is 0 Å². The molecular weight excluding hydrogens is 446 g/mol. The summed E-state index contributed by atoms with van der Waals surface area (Å²) in [5.74, 6) is -0.916. The number of carbonyl (C=O) groups is 1. The van der Waals surface area contributed by atoms with Crippen molar-refractivity contribution in [1.29, 1.82) is 0 Å². The molecule has 178 valence electrons. The van der Waals surface area contributed by atoms with Gasteiger partial charge in [-0.15, -0.1) is 0 Å². The molecule has 0 fully saturated rings. The number of nitro benzene ring substituents is 1. The second-order valence-electron chi connectivity index (χ2n) is 8.64. The van der Waals surface area contributed by atoms with Gasteiger partial charge in [-0.05, 0) is 48.6 Å². The standard InChI is InChI=1S/C27H25N3O5/c1-2-35-24-15-18(13-22(27(24)32)30(33)34)26-25-21(28-19-10-6-7-11-20(19)29-26)12-17(14-23(25)31)16-8-4-3-5-9-16/h3-11,13,15,17,26,28-29,32H,2,12,14H2,1H3/p-1/t17-,26-/m0/s1. The van der Waals surface area contributed by atoms with Crippen LogP contribution in [0.4, 0.5) is 17.1 Å². The molecular formula is C27H24N3O5-. The van der Waals surface area contributed by atoms with Crippen molar-refractivity contribution in [2.24, 2.45) is 0 Å². The van der Waals surface area contributed by atoms with Crippen LogP contribution in [-0.2, 0) is 4.79 Å². The quantitative estimate of drug-likeness (QED) is 0.396. The van der Waals surface area contributed by atoms with Crippen molar-refractivity contribution in [3.63, 3.8) is 0 Å². The molecule has 0 saturated heterocycles. The molecule has 2 aliphatic rings. The first-order valence-electron chi connectivity index (χ1n) is 11.5. The molecule has 2 N–H and O–H groups in total. The first-order valence-corrected chi connectivity index (χ1v) is 11.5. The second-order valence-corrected chi connectivity index (χ2v) is 8.64. The number of nitro groups is 1. The monoisotopic (exact) mass is 470 g/mol. The number of rotatable bonds is 5. The highest BCUT2D eigenvalue weighted by molar-refractivity contribution is 6.01. The highest BCUT2D eigenvalue weighted by Crippen LogP contribution is 2.46. The molecule has 3 aromatic rings. The summed E-state index contributed by atoms with van der Waals surface area (Å²) in [4.78, 5) is 24.6. The largest absolute Gasteiger partial charge is 0.865 e. The number of carbonyl (C=O) groups excluding carboxylic acids is 1. The number of hydrogen-bond donors (Lipinski definition) is 2. The number of fused-ring (bicyclic) bond motifs is 1. The van der Waals surface area contributed by atoms with Gasteiger partial charge >= 0.3 is 0 Å². The molecule has 5 rings (SSSR count). The van der Waals surface area contributed by atoms with Crippen molar-refractivity contribution in [3.8, 4) is 11.5 Å². The van der Waals surface area contributed by atoms with E-state index in [1.54, 1.807) is 6.92 Å². The van der Waals surface area contributed by atoms with E-state index in [1.165, 1.54) is 12.1 Å². The van der Waals surface area contributed by atoms with Crippen LogP contribution in [0, 0.1) is 10.1 Å². The highest BCUT2D eigenvalue weighted by atomic mass is 16.6. The van der Waals surface area contributed by atoms with E-state index in [9.17, 15) is 20.0 Å². The summed E-state index contributed by atoms with van der Waals surface area (Å²) in [7, 11) is 0. The number of ether oxygens (including phenoxy) is 1. The number of allylic oxidation sites excluding steroid dienone is 1. The Labute approximate surface area is 202 Å². The zero-order valence-corrected chi connectivity index (χ0v) is 19.1. The number of benzene rings is 3. The number of ketones is 1. The number of Topliss-reactive ketones (excluding diaryl/α,β-unsaturated/α-hetero) is 1. The van der Waals surface area contributed by atoms with Crippen molar-refractivity contribution in [3.05, 3.63) is 99.2 Å². The average molecular weight is 471 g/mol. The van der Waals surface area contributed by atoms with Gasteiger partial charge in [0.2, 0.25) is 0 Å². The SMILES string of the molecule is CCOc1cc([C@@H]2Nc3ccccc3NC3=C2C(=O)C[C@@H](c2ccccc2)C3)cc([N+](=O)[O-])c1[O-]. The molecule has 0 aromatic heterocycles. The molecule has 8 nitrogen and oxygen atoms in total. The van der Waals surface area contributed by atoms with Crippen molar-refractivity contribution in [2.45, 2.75) is 31.7 Å². The first kappa shape index (κ1) is 22.5. The lowest BCUT2D eigenvalue weighted by molar-refractivity contribution is -0.398.